The fraction of sp³-hybridized carbons (Fsp3) is 0.304. The van der Waals surface area contributed by atoms with Gasteiger partial charge in [-0.25, -0.2) is 4.98 Å². The summed E-state index contributed by atoms with van der Waals surface area (Å²) < 4.78 is 5.37. The number of carbonyl (C=O) groups is 1. The summed E-state index contributed by atoms with van der Waals surface area (Å²) in [6.07, 6.45) is 0. The Balaban J connectivity index is 1.64. The molecule has 0 unspecified atom stereocenters. The molecule has 3 aromatic rings. The summed E-state index contributed by atoms with van der Waals surface area (Å²) in [6.45, 7) is 6.66. The molecule has 2 heterocycles. The van der Waals surface area contributed by atoms with E-state index < -0.39 is 0 Å². The molecular formula is C23H24ClN3O2. The standard InChI is InChI=1S/C23H24ClN3O2/c1-16-20(24)8-7-18-19(23(28)25-9-10-27-11-13-29-14-12-27)15-21(26-22(16)18)17-5-3-2-4-6-17/h2-8,15H,9-14H2,1H3,(H,25,28). The van der Waals surface area contributed by atoms with Crippen LogP contribution in [0.3, 0.4) is 0 Å². The van der Waals surface area contributed by atoms with Crippen LogP contribution in [0.2, 0.25) is 5.02 Å². The molecule has 1 aliphatic rings. The van der Waals surface area contributed by atoms with Crippen molar-refractivity contribution in [3.8, 4) is 11.3 Å². The Labute approximate surface area is 175 Å². The zero-order chi connectivity index (χ0) is 20.2. The van der Waals surface area contributed by atoms with Crippen molar-refractivity contribution in [1.29, 1.82) is 0 Å². The third kappa shape index (κ3) is 4.42. The molecule has 1 fully saturated rings. The minimum atomic E-state index is -0.0930. The minimum absolute atomic E-state index is 0.0930. The largest absolute Gasteiger partial charge is 0.379 e. The van der Waals surface area contributed by atoms with Crippen molar-refractivity contribution in [2.45, 2.75) is 6.92 Å². The summed E-state index contributed by atoms with van der Waals surface area (Å²) in [6, 6.07) is 15.5. The molecule has 29 heavy (non-hydrogen) atoms. The van der Waals surface area contributed by atoms with Gasteiger partial charge in [-0.1, -0.05) is 48.0 Å². The molecule has 2 aromatic carbocycles. The van der Waals surface area contributed by atoms with E-state index in [1.54, 1.807) is 0 Å². The maximum Gasteiger partial charge on any atom is 0.252 e. The van der Waals surface area contributed by atoms with E-state index in [2.05, 4.69) is 10.2 Å². The van der Waals surface area contributed by atoms with Crippen LogP contribution in [0.15, 0.2) is 48.5 Å². The number of rotatable bonds is 5. The quantitative estimate of drug-likeness (QED) is 0.693. The summed E-state index contributed by atoms with van der Waals surface area (Å²) in [5.41, 5.74) is 4.00. The molecule has 1 saturated heterocycles. The Morgan fingerprint density at radius 3 is 2.69 bits per heavy atom. The van der Waals surface area contributed by atoms with Crippen LogP contribution in [0.5, 0.6) is 0 Å². The summed E-state index contributed by atoms with van der Waals surface area (Å²) in [5.74, 6) is -0.0930. The number of morpholine rings is 1. The first-order chi connectivity index (χ1) is 14.1. The SMILES string of the molecule is Cc1c(Cl)ccc2c(C(=O)NCCN3CCOCC3)cc(-c3ccccc3)nc12. The number of pyridine rings is 1. The second-order valence-electron chi connectivity index (χ2n) is 7.20. The lowest BCUT2D eigenvalue weighted by Gasteiger charge is -2.26. The van der Waals surface area contributed by atoms with E-state index in [9.17, 15) is 4.79 Å². The number of benzene rings is 2. The van der Waals surface area contributed by atoms with Gasteiger partial charge >= 0.3 is 0 Å². The third-order valence-corrected chi connectivity index (χ3v) is 5.71. The molecule has 0 spiro atoms. The number of fused-ring (bicyclic) bond motifs is 1. The second kappa shape index (κ2) is 8.91. The van der Waals surface area contributed by atoms with E-state index in [1.807, 2.05) is 55.5 Å². The zero-order valence-corrected chi connectivity index (χ0v) is 17.2. The molecule has 5 nitrogen and oxygen atoms in total. The van der Waals surface area contributed by atoms with Gasteiger partial charge in [0.15, 0.2) is 0 Å². The van der Waals surface area contributed by atoms with Gasteiger partial charge in [0.1, 0.15) is 0 Å². The fourth-order valence-electron chi connectivity index (χ4n) is 3.60. The topological polar surface area (TPSA) is 54.5 Å². The molecule has 0 aliphatic carbocycles. The number of aromatic nitrogens is 1. The molecule has 0 bridgehead atoms. The van der Waals surface area contributed by atoms with Gasteiger partial charge in [-0.15, -0.1) is 0 Å². The van der Waals surface area contributed by atoms with E-state index in [1.165, 1.54) is 0 Å². The van der Waals surface area contributed by atoms with Gasteiger partial charge < -0.3 is 10.1 Å². The predicted octanol–water partition coefficient (Wildman–Crippen LogP) is 3.93. The number of carbonyl (C=O) groups excluding carboxylic acids is 1. The number of aryl methyl sites for hydroxylation is 1. The normalized spacial score (nSPS) is 14.8. The molecule has 1 N–H and O–H groups in total. The van der Waals surface area contributed by atoms with Crippen LogP contribution in [0, 0.1) is 6.92 Å². The molecule has 6 heteroatoms. The monoisotopic (exact) mass is 409 g/mol. The molecule has 150 valence electrons. The van der Waals surface area contributed by atoms with Crippen molar-refractivity contribution in [2.24, 2.45) is 0 Å². The van der Waals surface area contributed by atoms with Gasteiger partial charge in [0.25, 0.3) is 5.91 Å². The molecule has 4 rings (SSSR count). The zero-order valence-electron chi connectivity index (χ0n) is 16.5. The Hall–Kier alpha value is -2.47. The van der Waals surface area contributed by atoms with Gasteiger partial charge in [0.2, 0.25) is 0 Å². The Morgan fingerprint density at radius 2 is 1.93 bits per heavy atom. The maximum absolute atomic E-state index is 13.1. The van der Waals surface area contributed by atoms with Crippen LogP contribution in [-0.4, -0.2) is 55.2 Å². The summed E-state index contributed by atoms with van der Waals surface area (Å²) in [5, 5.41) is 4.53. The van der Waals surface area contributed by atoms with Crippen molar-refractivity contribution < 1.29 is 9.53 Å². The first-order valence-electron chi connectivity index (χ1n) is 9.87. The van der Waals surface area contributed by atoms with E-state index in [-0.39, 0.29) is 5.91 Å². The highest BCUT2D eigenvalue weighted by Crippen LogP contribution is 2.30. The fourth-order valence-corrected chi connectivity index (χ4v) is 3.75. The van der Waals surface area contributed by atoms with Crippen LogP contribution in [0.25, 0.3) is 22.2 Å². The summed E-state index contributed by atoms with van der Waals surface area (Å²) >= 11 is 6.33. The predicted molar refractivity (Wildman–Crippen MR) is 117 cm³/mol. The van der Waals surface area contributed by atoms with Crippen molar-refractivity contribution >= 4 is 28.4 Å². The average molecular weight is 410 g/mol. The second-order valence-corrected chi connectivity index (χ2v) is 7.61. The van der Waals surface area contributed by atoms with Gasteiger partial charge in [-0.05, 0) is 24.6 Å². The van der Waals surface area contributed by atoms with Crippen LogP contribution < -0.4 is 5.32 Å². The summed E-state index contributed by atoms with van der Waals surface area (Å²) in [7, 11) is 0. The van der Waals surface area contributed by atoms with Gasteiger partial charge in [0, 0.05) is 42.2 Å². The van der Waals surface area contributed by atoms with E-state index in [0.717, 1.165) is 60.6 Å². The number of hydrogen-bond donors (Lipinski definition) is 1. The average Bonchev–Trinajstić information content (AvgIpc) is 2.77. The smallest absolute Gasteiger partial charge is 0.252 e. The Kier molecular flexibility index (Phi) is 6.09. The molecule has 0 atom stereocenters. The number of hydrogen-bond acceptors (Lipinski definition) is 4. The first kappa shape index (κ1) is 19.8. The van der Waals surface area contributed by atoms with Gasteiger partial charge in [-0.2, -0.15) is 0 Å². The lowest BCUT2D eigenvalue weighted by Crippen LogP contribution is -2.41. The van der Waals surface area contributed by atoms with Crippen molar-refractivity contribution in [3.63, 3.8) is 0 Å². The lowest BCUT2D eigenvalue weighted by atomic mass is 10.0. The highest BCUT2D eigenvalue weighted by Gasteiger charge is 2.17. The number of halogens is 1. The van der Waals surface area contributed by atoms with Crippen LogP contribution in [0.4, 0.5) is 0 Å². The summed E-state index contributed by atoms with van der Waals surface area (Å²) in [4.78, 5) is 20.2. The van der Waals surface area contributed by atoms with Crippen LogP contribution >= 0.6 is 11.6 Å². The first-order valence-corrected chi connectivity index (χ1v) is 10.2. The molecule has 1 aliphatic heterocycles. The van der Waals surface area contributed by atoms with Crippen molar-refractivity contribution in [3.05, 3.63) is 64.7 Å². The van der Waals surface area contributed by atoms with Gasteiger partial charge in [-0.3, -0.25) is 9.69 Å². The molecule has 0 saturated carbocycles. The van der Waals surface area contributed by atoms with Gasteiger partial charge in [0.05, 0.1) is 30.0 Å². The number of nitrogens with one attached hydrogen (secondary N) is 1. The minimum Gasteiger partial charge on any atom is -0.379 e. The lowest BCUT2D eigenvalue weighted by molar-refractivity contribution is 0.0383. The van der Waals surface area contributed by atoms with E-state index >= 15 is 0 Å². The van der Waals surface area contributed by atoms with E-state index in [0.29, 0.717) is 17.1 Å². The molecule has 1 aromatic heterocycles. The van der Waals surface area contributed by atoms with Crippen molar-refractivity contribution in [2.75, 3.05) is 39.4 Å². The van der Waals surface area contributed by atoms with Crippen molar-refractivity contribution in [1.82, 2.24) is 15.2 Å². The third-order valence-electron chi connectivity index (χ3n) is 5.30. The molecule has 1 amide bonds. The molecular weight excluding hydrogens is 386 g/mol. The van der Waals surface area contributed by atoms with Crippen LogP contribution in [0.1, 0.15) is 15.9 Å². The van der Waals surface area contributed by atoms with Crippen LogP contribution in [-0.2, 0) is 4.74 Å². The maximum atomic E-state index is 13.1. The van der Waals surface area contributed by atoms with E-state index in [4.69, 9.17) is 21.3 Å². The molecule has 0 radical (unpaired) electrons. The Bertz CT molecular complexity index is 1020. The number of nitrogens with zero attached hydrogens (tertiary/aromatic N) is 2. The Morgan fingerprint density at radius 1 is 1.17 bits per heavy atom. The highest BCUT2D eigenvalue weighted by atomic mass is 35.5. The number of amides is 1. The number of ether oxygens (including phenoxy) is 1. The highest BCUT2D eigenvalue weighted by molar-refractivity contribution is 6.32.